The number of hydrogen-bond acceptors (Lipinski definition) is 5. The first kappa shape index (κ1) is 24.0. The molecule has 5 rings (SSSR count). The second-order valence-electron chi connectivity index (χ2n) is 8.21. The molecule has 2 aliphatic heterocycles. The lowest BCUT2D eigenvalue weighted by atomic mass is 10.1. The number of likely N-dealkylation sites (tertiary alicyclic amines) is 2. The minimum absolute atomic E-state index is 0. The molecule has 0 atom stereocenters. The fourth-order valence-corrected chi connectivity index (χ4v) is 4.51. The number of benzene rings is 2. The molecule has 3 heterocycles. The summed E-state index contributed by atoms with van der Waals surface area (Å²) >= 11 is 0. The van der Waals surface area contributed by atoms with Crippen LogP contribution in [0.25, 0.3) is 21.9 Å². The molecule has 0 spiro atoms. The fraction of sp³-hybridized carbons (Fsp3) is 0.500. The molecule has 2 fully saturated rings. The highest BCUT2D eigenvalue weighted by Crippen LogP contribution is 2.33. The molecule has 7 heteroatoms. The van der Waals surface area contributed by atoms with E-state index in [1.807, 2.05) is 24.3 Å². The quantitative estimate of drug-likeness (QED) is 0.445. The van der Waals surface area contributed by atoms with Gasteiger partial charge in [0.15, 0.2) is 0 Å². The first-order chi connectivity index (χ1) is 14.3. The molecular formula is C24H32Cl2N2O3. The predicted octanol–water partition coefficient (Wildman–Crippen LogP) is 5.38. The molecule has 0 N–H and O–H groups in total. The van der Waals surface area contributed by atoms with E-state index in [0.29, 0.717) is 0 Å². The maximum absolute atomic E-state index is 6.06. The lowest BCUT2D eigenvalue weighted by Gasteiger charge is -2.14. The Morgan fingerprint density at radius 2 is 1.19 bits per heavy atom. The first-order valence-corrected chi connectivity index (χ1v) is 11.0. The average molecular weight is 467 g/mol. The van der Waals surface area contributed by atoms with Crippen LogP contribution in [0.5, 0.6) is 11.5 Å². The van der Waals surface area contributed by atoms with Crippen molar-refractivity contribution < 1.29 is 13.9 Å². The zero-order chi connectivity index (χ0) is 19.5. The SMILES string of the molecule is Cl.Cl.c1cc2c(cc1OCCN1CCCC1)oc1ccc(OCCN3CCCC3)cc12. The third-order valence-corrected chi connectivity index (χ3v) is 6.16. The lowest BCUT2D eigenvalue weighted by molar-refractivity contribution is 0.238. The van der Waals surface area contributed by atoms with Crippen LogP contribution in [0.2, 0.25) is 0 Å². The Balaban J connectivity index is 0.00000136. The number of fused-ring (bicyclic) bond motifs is 3. The molecule has 5 nitrogen and oxygen atoms in total. The number of nitrogens with zero attached hydrogens (tertiary/aromatic N) is 2. The van der Waals surface area contributed by atoms with Gasteiger partial charge >= 0.3 is 0 Å². The van der Waals surface area contributed by atoms with Crippen molar-refractivity contribution in [3.8, 4) is 11.5 Å². The second-order valence-corrected chi connectivity index (χ2v) is 8.21. The molecule has 0 saturated carbocycles. The Bertz CT molecular complexity index is 966. The number of halogens is 2. The molecule has 0 radical (unpaired) electrons. The molecule has 0 aliphatic carbocycles. The van der Waals surface area contributed by atoms with E-state index < -0.39 is 0 Å². The van der Waals surface area contributed by atoms with Gasteiger partial charge in [-0.05, 0) is 82.2 Å². The van der Waals surface area contributed by atoms with Gasteiger partial charge < -0.3 is 13.9 Å². The van der Waals surface area contributed by atoms with Crippen LogP contribution >= 0.6 is 24.8 Å². The van der Waals surface area contributed by atoms with Gasteiger partial charge in [-0.2, -0.15) is 0 Å². The summed E-state index contributed by atoms with van der Waals surface area (Å²) in [6.07, 6.45) is 5.26. The Hall–Kier alpha value is -1.66. The van der Waals surface area contributed by atoms with Gasteiger partial charge in [0.1, 0.15) is 35.9 Å². The molecule has 2 saturated heterocycles. The molecule has 3 aromatic rings. The van der Waals surface area contributed by atoms with Gasteiger partial charge in [0, 0.05) is 29.9 Å². The van der Waals surface area contributed by atoms with E-state index in [-0.39, 0.29) is 24.8 Å². The maximum Gasteiger partial charge on any atom is 0.139 e. The molecule has 0 amide bonds. The normalized spacial score (nSPS) is 17.0. The fourth-order valence-electron chi connectivity index (χ4n) is 4.51. The van der Waals surface area contributed by atoms with E-state index in [9.17, 15) is 0 Å². The van der Waals surface area contributed by atoms with Crippen molar-refractivity contribution in [3.63, 3.8) is 0 Å². The molecule has 2 aliphatic rings. The lowest BCUT2D eigenvalue weighted by Crippen LogP contribution is -2.25. The van der Waals surface area contributed by atoms with E-state index >= 15 is 0 Å². The predicted molar refractivity (Wildman–Crippen MR) is 131 cm³/mol. The highest BCUT2D eigenvalue weighted by atomic mass is 35.5. The minimum Gasteiger partial charge on any atom is -0.492 e. The Morgan fingerprint density at radius 3 is 1.81 bits per heavy atom. The number of ether oxygens (including phenoxy) is 2. The van der Waals surface area contributed by atoms with Crippen LogP contribution in [0, 0.1) is 0 Å². The zero-order valence-corrected chi connectivity index (χ0v) is 19.5. The smallest absolute Gasteiger partial charge is 0.139 e. The molecule has 0 unspecified atom stereocenters. The molecule has 2 aromatic carbocycles. The topological polar surface area (TPSA) is 38.1 Å². The van der Waals surface area contributed by atoms with Crippen LogP contribution in [-0.4, -0.2) is 62.3 Å². The zero-order valence-electron chi connectivity index (χ0n) is 17.9. The first-order valence-electron chi connectivity index (χ1n) is 11.0. The van der Waals surface area contributed by atoms with Crippen LogP contribution < -0.4 is 9.47 Å². The van der Waals surface area contributed by atoms with E-state index in [1.165, 1.54) is 51.9 Å². The van der Waals surface area contributed by atoms with Crippen molar-refractivity contribution in [1.82, 2.24) is 9.80 Å². The van der Waals surface area contributed by atoms with E-state index in [4.69, 9.17) is 13.9 Å². The van der Waals surface area contributed by atoms with E-state index in [1.54, 1.807) is 0 Å². The van der Waals surface area contributed by atoms with Crippen molar-refractivity contribution in [2.45, 2.75) is 25.7 Å². The van der Waals surface area contributed by atoms with Crippen molar-refractivity contribution in [2.75, 3.05) is 52.5 Å². The summed E-state index contributed by atoms with van der Waals surface area (Å²) in [5, 5.41) is 2.21. The van der Waals surface area contributed by atoms with Gasteiger partial charge in [-0.1, -0.05) is 0 Å². The Labute approximate surface area is 196 Å². The van der Waals surface area contributed by atoms with Crippen LogP contribution in [-0.2, 0) is 0 Å². The summed E-state index contributed by atoms with van der Waals surface area (Å²) in [5.41, 5.74) is 1.76. The second kappa shape index (κ2) is 11.3. The van der Waals surface area contributed by atoms with E-state index in [2.05, 4.69) is 21.9 Å². The van der Waals surface area contributed by atoms with E-state index in [0.717, 1.165) is 59.7 Å². The summed E-state index contributed by atoms with van der Waals surface area (Å²) < 4.78 is 18.0. The summed E-state index contributed by atoms with van der Waals surface area (Å²) in [5.74, 6) is 1.78. The number of rotatable bonds is 8. The number of furan rings is 1. The summed E-state index contributed by atoms with van der Waals surface area (Å²) in [6, 6.07) is 12.3. The van der Waals surface area contributed by atoms with Crippen molar-refractivity contribution in [3.05, 3.63) is 36.4 Å². The summed E-state index contributed by atoms with van der Waals surface area (Å²) in [6.45, 7) is 8.27. The minimum atomic E-state index is 0. The highest BCUT2D eigenvalue weighted by molar-refractivity contribution is 6.05. The van der Waals surface area contributed by atoms with Crippen molar-refractivity contribution in [1.29, 1.82) is 0 Å². The molecule has 0 bridgehead atoms. The largest absolute Gasteiger partial charge is 0.492 e. The standard InChI is InChI=1S/C24H30N2O3.2ClH/c1-2-10-25(9-1)13-15-27-19-6-8-23-22(17-19)21-7-5-20(18-24(21)29-23)28-16-14-26-11-3-4-12-26;;/h5-8,17-18H,1-4,9-16H2;2*1H. The average Bonchev–Trinajstić information content (AvgIpc) is 3.49. The summed E-state index contributed by atoms with van der Waals surface area (Å²) in [7, 11) is 0. The van der Waals surface area contributed by atoms with Crippen LogP contribution in [0.1, 0.15) is 25.7 Å². The molecular weight excluding hydrogens is 435 g/mol. The van der Waals surface area contributed by atoms with Gasteiger partial charge in [0.25, 0.3) is 0 Å². The van der Waals surface area contributed by atoms with Gasteiger partial charge in [0.05, 0.1) is 0 Å². The Kier molecular flexibility index (Phi) is 8.73. The Morgan fingerprint density at radius 1 is 0.645 bits per heavy atom. The van der Waals surface area contributed by atoms with Crippen molar-refractivity contribution in [2.24, 2.45) is 0 Å². The van der Waals surface area contributed by atoms with Gasteiger partial charge in [0.2, 0.25) is 0 Å². The van der Waals surface area contributed by atoms with Crippen LogP contribution in [0.15, 0.2) is 40.8 Å². The third kappa shape index (κ3) is 5.78. The molecule has 31 heavy (non-hydrogen) atoms. The van der Waals surface area contributed by atoms with Crippen LogP contribution in [0.3, 0.4) is 0 Å². The van der Waals surface area contributed by atoms with Gasteiger partial charge in [-0.15, -0.1) is 24.8 Å². The third-order valence-electron chi connectivity index (χ3n) is 6.16. The highest BCUT2D eigenvalue weighted by Gasteiger charge is 2.13. The van der Waals surface area contributed by atoms with Crippen LogP contribution in [0.4, 0.5) is 0 Å². The monoisotopic (exact) mass is 466 g/mol. The molecule has 170 valence electrons. The maximum atomic E-state index is 6.06. The van der Waals surface area contributed by atoms with Gasteiger partial charge in [-0.3, -0.25) is 9.80 Å². The molecule has 1 aromatic heterocycles. The summed E-state index contributed by atoms with van der Waals surface area (Å²) in [4.78, 5) is 4.93. The number of hydrogen-bond donors (Lipinski definition) is 0. The van der Waals surface area contributed by atoms with Crippen molar-refractivity contribution >= 4 is 46.8 Å². The van der Waals surface area contributed by atoms with Gasteiger partial charge in [-0.25, -0.2) is 0 Å².